The van der Waals surface area contributed by atoms with E-state index in [-0.39, 0.29) is 11.6 Å². The molecule has 1 aliphatic carbocycles. The molecular weight excluding hydrogens is 186 g/mol. The van der Waals surface area contributed by atoms with Crippen LogP contribution in [0.15, 0.2) is 0 Å². The van der Waals surface area contributed by atoms with Gasteiger partial charge in [0.15, 0.2) is 0 Å². The summed E-state index contributed by atoms with van der Waals surface area (Å²) in [5.41, 5.74) is -0.169. The lowest BCUT2D eigenvalue weighted by Gasteiger charge is -2.33. The smallest absolute Gasteiger partial charge is 0.0688 e. The fraction of sp³-hybridized carbons (Fsp3) is 1.00. The predicted molar refractivity (Wildman–Crippen MR) is 64.9 cm³/mol. The molecule has 2 nitrogen and oxygen atoms in total. The predicted octanol–water partition coefficient (Wildman–Crippen LogP) is 2.70. The summed E-state index contributed by atoms with van der Waals surface area (Å²) in [5.74, 6) is 0.914. The second-order valence-corrected chi connectivity index (χ2v) is 5.83. The quantitative estimate of drug-likeness (QED) is 0.736. The van der Waals surface area contributed by atoms with E-state index in [0.717, 1.165) is 5.92 Å². The highest BCUT2D eigenvalue weighted by Gasteiger charge is 2.27. The first kappa shape index (κ1) is 13.0. The molecule has 0 heterocycles. The monoisotopic (exact) mass is 213 g/mol. The molecule has 2 atom stereocenters. The van der Waals surface area contributed by atoms with E-state index in [1.54, 1.807) is 0 Å². The molecule has 0 spiro atoms. The van der Waals surface area contributed by atoms with E-state index in [4.69, 9.17) is 0 Å². The lowest BCUT2D eigenvalue weighted by Crippen LogP contribution is -2.52. The highest BCUT2D eigenvalue weighted by Crippen LogP contribution is 2.29. The molecule has 90 valence electrons. The molecule has 2 heteroatoms. The largest absolute Gasteiger partial charge is 0.392 e. The maximum absolute atomic E-state index is 9.63. The van der Waals surface area contributed by atoms with Crippen LogP contribution >= 0.6 is 0 Å². The molecule has 15 heavy (non-hydrogen) atoms. The molecule has 0 aromatic carbocycles. The summed E-state index contributed by atoms with van der Waals surface area (Å²) in [6, 6.07) is 0.512. The van der Waals surface area contributed by atoms with Gasteiger partial charge >= 0.3 is 0 Å². The van der Waals surface area contributed by atoms with Crippen molar-refractivity contribution in [1.82, 2.24) is 5.32 Å². The van der Waals surface area contributed by atoms with Crippen molar-refractivity contribution in [2.45, 2.75) is 77.5 Å². The second-order valence-electron chi connectivity index (χ2n) is 5.83. The van der Waals surface area contributed by atoms with E-state index in [1.165, 1.54) is 32.1 Å². The zero-order valence-corrected chi connectivity index (χ0v) is 10.7. The van der Waals surface area contributed by atoms with Crippen LogP contribution in [0.25, 0.3) is 0 Å². The molecule has 2 unspecified atom stereocenters. The highest BCUT2D eigenvalue weighted by atomic mass is 16.3. The zero-order valence-electron chi connectivity index (χ0n) is 10.7. The average molecular weight is 213 g/mol. The molecule has 0 bridgehead atoms. The van der Waals surface area contributed by atoms with Crippen molar-refractivity contribution >= 4 is 0 Å². The standard InChI is InChI=1S/C13H27NO/c1-10(9-12-7-5-6-8-12)14-13(3,4)11(2)15/h10-12,14-15H,5-9H2,1-4H3. The van der Waals surface area contributed by atoms with Crippen molar-refractivity contribution in [3.63, 3.8) is 0 Å². The van der Waals surface area contributed by atoms with Crippen LogP contribution < -0.4 is 5.32 Å². The summed E-state index contributed by atoms with van der Waals surface area (Å²) in [6.07, 6.45) is 6.59. The number of hydrogen-bond acceptors (Lipinski definition) is 2. The summed E-state index contributed by atoms with van der Waals surface area (Å²) in [4.78, 5) is 0. The Kier molecular flexibility index (Phi) is 4.60. The molecule has 0 saturated heterocycles. The van der Waals surface area contributed by atoms with E-state index in [2.05, 4.69) is 26.1 Å². The average Bonchev–Trinajstić information content (AvgIpc) is 2.54. The number of aliphatic hydroxyl groups is 1. The van der Waals surface area contributed by atoms with Gasteiger partial charge in [0, 0.05) is 11.6 Å². The molecule has 1 aliphatic rings. The normalized spacial score (nSPS) is 23.0. The Balaban J connectivity index is 2.31. The molecule has 0 amide bonds. The lowest BCUT2D eigenvalue weighted by atomic mass is 9.94. The van der Waals surface area contributed by atoms with Gasteiger partial charge in [-0.2, -0.15) is 0 Å². The summed E-state index contributed by atoms with van der Waals surface area (Å²) in [6.45, 7) is 8.24. The molecule has 1 saturated carbocycles. The summed E-state index contributed by atoms with van der Waals surface area (Å²) in [7, 11) is 0. The van der Waals surface area contributed by atoms with E-state index in [1.807, 2.05) is 6.92 Å². The van der Waals surface area contributed by atoms with Gasteiger partial charge < -0.3 is 10.4 Å². The third-order valence-corrected chi connectivity index (χ3v) is 3.82. The first-order valence-corrected chi connectivity index (χ1v) is 6.37. The van der Waals surface area contributed by atoms with Gasteiger partial charge in [-0.15, -0.1) is 0 Å². The Morgan fingerprint density at radius 2 is 1.80 bits per heavy atom. The van der Waals surface area contributed by atoms with Crippen LogP contribution in [0.1, 0.15) is 59.8 Å². The van der Waals surface area contributed by atoms with Crippen molar-refractivity contribution in [2.75, 3.05) is 0 Å². The van der Waals surface area contributed by atoms with Gasteiger partial charge in [0.05, 0.1) is 6.10 Å². The van der Waals surface area contributed by atoms with Gasteiger partial charge in [0.1, 0.15) is 0 Å². The van der Waals surface area contributed by atoms with Crippen molar-refractivity contribution < 1.29 is 5.11 Å². The van der Waals surface area contributed by atoms with Crippen molar-refractivity contribution in [3.05, 3.63) is 0 Å². The molecule has 1 rings (SSSR count). The fourth-order valence-corrected chi connectivity index (χ4v) is 2.56. The van der Waals surface area contributed by atoms with Crippen LogP contribution in [0.3, 0.4) is 0 Å². The number of hydrogen-bond donors (Lipinski definition) is 2. The third kappa shape index (κ3) is 4.12. The maximum Gasteiger partial charge on any atom is 0.0688 e. The molecule has 0 aromatic rings. The fourth-order valence-electron chi connectivity index (χ4n) is 2.56. The summed E-state index contributed by atoms with van der Waals surface area (Å²) >= 11 is 0. The van der Waals surface area contributed by atoms with Crippen LogP contribution in [-0.2, 0) is 0 Å². The van der Waals surface area contributed by atoms with E-state index in [0.29, 0.717) is 6.04 Å². The summed E-state index contributed by atoms with van der Waals surface area (Å²) < 4.78 is 0. The van der Waals surface area contributed by atoms with Crippen molar-refractivity contribution in [1.29, 1.82) is 0 Å². The van der Waals surface area contributed by atoms with Gasteiger partial charge in [-0.25, -0.2) is 0 Å². The van der Waals surface area contributed by atoms with E-state index in [9.17, 15) is 5.11 Å². The van der Waals surface area contributed by atoms with Gasteiger partial charge in [0.2, 0.25) is 0 Å². The van der Waals surface area contributed by atoms with Gasteiger partial charge in [0.25, 0.3) is 0 Å². The number of nitrogens with one attached hydrogen (secondary N) is 1. The minimum Gasteiger partial charge on any atom is -0.392 e. The Bertz CT molecular complexity index is 183. The van der Waals surface area contributed by atoms with Crippen molar-refractivity contribution in [2.24, 2.45) is 5.92 Å². The van der Waals surface area contributed by atoms with E-state index < -0.39 is 0 Å². The lowest BCUT2D eigenvalue weighted by molar-refractivity contribution is 0.0868. The minimum atomic E-state index is -0.302. The summed E-state index contributed by atoms with van der Waals surface area (Å²) in [5, 5.41) is 13.2. The van der Waals surface area contributed by atoms with Crippen molar-refractivity contribution in [3.8, 4) is 0 Å². The molecule has 0 radical (unpaired) electrons. The van der Waals surface area contributed by atoms with E-state index >= 15 is 0 Å². The molecule has 2 N–H and O–H groups in total. The Hall–Kier alpha value is -0.0800. The topological polar surface area (TPSA) is 32.3 Å². The van der Waals surface area contributed by atoms with Gasteiger partial charge in [-0.1, -0.05) is 25.7 Å². The van der Waals surface area contributed by atoms with Crippen LogP contribution in [0.2, 0.25) is 0 Å². The molecular formula is C13H27NO. The molecule has 1 fully saturated rings. The first-order valence-electron chi connectivity index (χ1n) is 6.37. The maximum atomic E-state index is 9.63. The zero-order chi connectivity index (χ0) is 11.5. The van der Waals surface area contributed by atoms with Gasteiger partial charge in [-0.05, 0) is 40.0 Å². The Morgan fingerprint density at radius 1 is 1.27 bits per heavy atom. The number of rotatable bonds is 5. The van der Waals surface area contributed by atoms with Crippen LogP contribution in [0, 0.1) is 5.92 Å². The minimum absolute atomic E-state index is 0.169. The molecule has 0 aromatic heterocycles. The first-order chi connectivity index (χ1) is 6.92. The van der Waals surface area contributed by atoms with Crippen LogP contribution in [0.5, 0.6) is 0 Å². The third-order valence-electron chi connectivity index (χ3n) is 3.82. The van der Waals surface area contributed by atoms with Crippen LogP contribution in [-0.4, -0.2) is 22.8 Å². The van der Waals surface area contributed by atoms with Gasteiger partial charge in [-0.3, -0.25) is 0 Å². The SMILES string of the molecule is CC(CC1CCCC1)NC(C)(C)C(C)O. The van der Waals surface area contributed by atoms with Crippen LogP contribution in [0.4, 0.5) is 0 Å². The second kappa shape index (κ2) is 5.31. The Labute approximate surface area is 94.5 Å². The Morgan fingerprint density at radius 3 is 2.27 bits per heavy atom. The molecule has 0 aliphatic heterocycles. The number of aliphatic hydroxyl groups excluding tert-OH is 1. The highest BCUT2D eigenvalue weighted by molar-refractivity contribution is 4.86.